The van der Waals surface area contributed by atoms with Crippen LogP contribution in [0, 0.1) is 0 Å². The maximum Gasteiger partial charge on any atom is 0.417 e. The van der Waals surface area contributed by atoms with Crippen LogP contribution in [-0.2, 0) is 11.0 Å². The van der Waals surface area contributed by atoms with Gasteiger partial charge in [-0.25, -0.2) is 4.98 Å². The Balaban J connectivity index is 1.95. The van der Waals surface area contributed by atoms with Crippen molar-refractivity contribution < 1.29 is 18.0 Å². The van der Waals surface area contributed by atoms with Crippen molar-refractivity contribution >= 4 is 23.3 Å². The molecule has 0 spiro atoms. The zero-order valence-electron chi connectivity index (χ0n) is 14.5. The van der Waals surface area contributed by atoms with Crippen LogP contribution < -0.4 is 4.90 Å². The van der Waals surface area contributed by atoms with Crippen molar-refractivity contribution in [2.24, 2.45) is 0 Å². The van der Waals surface area contributed by atoms with Gasteiger partial charge >= 0.3 is 6.18 Å². The van der Waals surface area contributed by atoms with Crippen molar-refractivity contribution in [1.82, 2.24) is 14.8 Å². The molecule has 1 aliphatic heterocycles. The van der Waals surface area contributed by atoms with Gasteiger partial charge in [0.25, 0.3) is 0 Å². The molecule has 0 radical (unpaired) electrons. The summed E-state index contributed by atoms with van der Waals surface area (Å²) < 4.78 is 38.0. The van der Waals surface area contributed by atoms with E-state index in [0.717, 1.165) is 12.3 Å². The van der Waals surface area contributed by atoms with Crippen LogP contribution in [0.1, 0.15) is 19.4 Å². The van der Waals surface area contributed by atoms with Gasteiger partial charge in [-0.15, -0.1) is 0 Å². The summed E-state index contributed by atoms with van der Waals surface area (Å²) in [5.41, 5.74) is -0.859. The third-order valence-corrected chi connectivity index (χ3v) is 4.63. The van der Waals surface area contributed by atoms with Crippen LogP contribution >= 0.6 is 11.6 Å². The van der Waals surface area contributed by atoms with Gasteiger partial charge in [-0.1, -0.05) is 11.6 Å². The molecule has 9 heteroatoms. The standard InChI is InChI=1S/C16H22ClF3N4O/c1-11(2)22(3)14(25)10-23-4-6-24(7-5-23)15-13(17)8-12(9-21-15)16(18,19)20/h8-9,11H,4-7,10H2,1-3H3. The van der Waals surface area contributed by atoms with E-state index in [1.807, 2.05) is 23.6 Å². The van der Waals surface area contributed by atoms with Gasteiger partial charge in [0, 0.05) is 45.5 Å². The Hall–Kier alpha value is -1.54. The number of pyridine rings is 1. The van der Waals surface area contributed by atoms with Gasteiger partial charge in [0.05, 0.1) is 17.1 Å². The highest BCUT2D eigenvalue weighted by molar-refractivity contribution is 6.33. The molecule has 1 saturated heterocycles. The Morgan fingerprint density at radius 3 is 2.40 bits per heavy atom. The average Bonchev–Trinajstić information content (AvgIpc) is 2.54. The largest absolute Gasteiger partial charge is 0.417 e. The predicted molar refractivity (Wildman–Crippen MR) is 90.8 cm³/mol. The predicted octanol–water partition coefficient (Wildman–Crippen LogP) is 2.74. The summed E-state index contributed by atoms with van der Waals surface area (Å²) in [5.74, 6) is 0.397. The Morgan fingerprint density at radius 1 is 1.32 bits per heavy atom. The van der Waals surface area contributed by atoms with Crippen LogP contribution in [0.4, 0.5) is 19.0 Å². The van der Waals surface area contributed by atoms with Gasteiger partial charge in [-0.05, 0) is 19.9 Å². The van der Waals surface area contributed by atoms with Gasteiger partial charge in [0.2, 0.25) is 5.91 Å². The lowest BCUT2D eigenvalue weighted by Gasteiger charge is -2.36. The zero-order chi connectivity index (χ0) is 18.8. The lowest BCUT2D eigenvalue weighted by Crippen LogP contribution is -2.50. The van der Waals surface area contributed by atoms with Gasteiger partial charge in [0.15, 0.2) is 0 Å². The number of rotatable bonds is 4. The molecular formula is C16H22ClF3N4O. The first kappa shape index (κ1) is 19.8. The molecule has 25 heavy (non-hydrogen) atoms. The molecule has 0 aromatic carbocycles. The van der Waals surface area contributed by atoms with Gasteiger partial charge in [0.1, 0.15) is 5.82 Å². The first-order chi connectivity index (χ1) is 11.6. The minimum atomic E-state index is -4.46. The van der Waals surface area contributed by atoms with Crippen molar-refractivity contribution in [3.63, 3.8) is 0 Å². The zero-order valence-corrected chi connectivity index (χ0v) is 15.2. The van der Waals surface area contributed by atoms with E-state index in [4.69, 9.17) is 11.6 Å². The second-order valence-electron chi connectivity index (χ2n) is 6.39. The molecule has 5 nitrogen and oxygen atoms in total. The fraction of sp³-hybridized carbons (Fsp3) is 0.625. The summed E-state index contributed by atoms with van der Waals surface area (Å²) in [6.07, 6.45) is -3.66. The summed E-state index contributed by atoms with van der Waals surface area (Å²) >= 11 is 5.99. The second kappa shape index (κ2) is 7.78. The van der Waals surface area contributed by atoms with Crippen molar-refractivity contribution in [3.8, 4) is 0 Å². The lowest BCUT2D eigenvalue weighted by molar-refractivity contribution is -0.137. The molecule has 140 valence electrons. The molecule has 0 atom stereocenters. The minimum Gasteiger partial charge on any atom is -0.353 e. The summed E-state index contributed by atoms with van der Waals surface area (Å²) in [6, 6.07) is 1.04. The lowest BCUT2D eigenvalue weighted by atomic mass is 10.2. The van der Waals surface area contributed by atoms with Crippen LogP contribution in [0.2, 0.25) is 5.02 Å². The normalized spacial score (nSPS) is 16.4. The van der Waals surface area contributed by atoms with E-state index in [1.165, 1.54) is 0 Å². The fourth-order valence-electron chi connectivity index (χ4n) is 2.53. The number of carbonyl (C=O) groups excluding carboxylic acids is 1. The highest BCUT2D eigenvalue weighted by Gasteiger charge is 2.32. The summed E-state index contributed by atoms with van der Waals surface area (Å²) in [5, 5.41) is -0.0149. The maximum atomic E-state index is 12.7. The van der Waals surface area contributed by atoms with Crippen LogP contribution in [0.3, 0.4) is 0 Å². The third kappa shape index (κ3) is 4.98. The molecule has 0 N–H and O–H groups in total. The van der Waals surface area contributed by atoms with E-state index in [9.17, 15) is 18.0 Å². The summed E-state index contributed by atoms with van der Waals surface area (Å²) in [7, 11) is 1.77. The van der Waals surface area contributed by atoms with E-state index in [0.29, 0.717) is 38.5 Å². The van der Waals surface area contributed by atoms with E-state index in [2.05, 4.69) is 4.98 Å². The number of halogens is 4. The maximum absolute atomic E-state index is 12.7. The number of carbonyl (C=O) groups is 1. The number of amides is 1. The molecule has 0 aliphatic carbocycles. The van der Waals surface area contributed by atoms with Crippen molar-refractivity contribution in [1.29, 1.82) is 0 Å². The summed E-state index contributed by atoms with van der Waals surface area (Å²) in [6.45, 7) is 6.58. The SMILES string of the molecule is CC(C)N(C)C(=O)CN1CCN(c2ncc(C(F)(F)F)cc2Cl)CC1. The van der Waals surface area contributed by atoms with E-state index < -0.39 is 11.7 Å². The van der Waals surface area contributed by atoms with E-state index >= 15 is 0 Å². The number of anilines is 1. The quantitative estimate of drug-likeness (QED) is 0.807. The van der Waals surface area contributed by atoms with Gasteiger partial charge < -0.3 is 9.80 Å². The van der Waals surface area contributed by atoms with Crippen molar-refractivity contribution in [3.05, 3.63) is 22.8 Å². The molecule has 1 aromatic rings. The fourth-order valence-corrected chi connectivity index (χ4v) is 2.81. The number of piperazine rings is 1. The highest BCUT2D eigenvalue weighted by atomic mass is 35.5. The number of hydrogen-bond acceptors (Lipinski definition) is 4. The Bertz CT molecular complexity index is 616. The van der Waals surface area contributed by atoms with E-state index in [1.54, 1.807) is 11.9 Å². The molecule has 1 aliphatic rings. The number of hydrogen-bond donors (Lipinski definition) is 0. The Morgan fingerprint density at radius 2 is 1.92 bits per heavy atom. The van der Waals surface area contributed by atoms with Crippen molar-refractivity contribution in [2.45, 2.75) is 26.1 Å². The Kier molecular flexibility index (Phi) is 6.16. The first-order valence-electron chi connectivity index (χ1n) is 8.05. The van der Waals surface area contributed by atoms with Gasteiger partial charge in [-0.2, -0.15) is 13.2 Å². The number of alkyl halides is 3. The number of nitrogens with zero attached hydrogens (tertiary/aromatic N) is 4. The van der Waals surface area contributed by atoms with E-state index in [-0.39, 0.29) is 17.0 Å². The van der Waals surface area contributed by atoms with Crippen LogP contribution in [0.5, 0.6) is 0 Å². The smallest absolute Gasteiger partial charge is 0.353 e. The molecule has 0 bridgehead atoms. The minimum absolute atomic E-state index is 0.0149. The molecule has 1 amide bonds. The average molecular weight is 379 g/mol. The molecule has 0 unspecified atom stereocenters. The second-order valence-corrected chi connectivity index (χ2v) is 6.80. The Labute approximate surface area is 150 Å². The summed E-state index contributed by atoms with van der Waals surface area (Å²) in [4.78, 5) is 21.6. The first-order valence-corrected chi connectivity index (χ1v) is 8.43. The molecule has 2 rings (SSSR count). The molecule has 1 fully saturated rings. The van der Waals surface area contributed by atoms with Crippen LogP contribution in [0.15, 0.2) is 12.3 Å². The molecule has 1 aromatic heterocycles. The van der Waals surface area contributed by atoms with Crippen LogP contribution in [0.25, 0.3) is 0 Å². The topological polar surface area (TPSA) is 39.7 Å². The molecular weight excluding hydrogens is 357 g/mol. The highest BCUT2D eigenvalue weighted by Crippen LogP contribution is 2.33. The number of aromatic nitrogens is 1. The van der Waals surface area contributed by atoms with Crippen molar-refractivity contribution in [2.75, 3.05) is 44.7 Å². The third-order valence-electron chi connectivity index (χ3n) is 4.35. The monoisotopic (exact) mass is 378 g/mol. The van der Waals surface area contributed by atoms with Gasteiger partial charge in [-0.3, -0.25) is 9.69 Å². The molecule has 0 saturated carbocycles. The van der Waals surface area contributed by atoms with Crippen LogP contribution in [-0.4, -0.2) is 66.5 Å². The number of likely N-dealkylation sites (N-methyl/N-ethyl adjacent to an activating group) is 1. The molecule has 2 heterocycles.